The first kappa shape index (κ1) is 17.3. The molecule has 2 heterocycles. The zero-order chi connectivity index (χ0) is 19.3. The Labute approximate surface area is 167 Å². The van der Waals surface area contributed by atoms with Gasteiger partial charge in [-0.3, -0.25) is 4.79 Å². The maximum Gasteiger partial charge on any atom is 0.211 e. The number of benzene rings is 2. The maximum absolute atomic E-state index is 12.8. The van der Waals surface area contributed by atoms with Crippen LogP contribution in [0.1, 0.15) is 59.3 Å². The van der Waals surface area contributed by atoms with E-state index in [9.17, 15) is 4.79 Å². The van der Waals surface area contributed by atoms with E-state index >= 15 is 0 Å². The van der Waals surface area contributed by atoms with Crippen molar-refractivity contribution in [2.75, 3.05) is 0 Å². The Morgan fingerprint density at radius 1 is 1.07 bits per heavy atom. The van der Waals surface area contributed by atoms with Crippen molar-refractivity contribution in [2.24, 2.45) is 0 Å². The number of fused-ring (bicyclic) bond motifs is 2. The Morgan fingerprint density at radius 3 is 2.61 bits per heavy atom. The normalized spacial score (nSPS) is 16.7. The molecule has 0 fully saturated rings. The lowest BCUT2D eigenvalue weighted by molar-refractivity contribution is 0.0963. The molecule has 1 aliphatic rings. The number of aromatic nitrogens is 3. The van der Waals surface area contributed by atoms with E-state index in [-0.39, 0.29) is 11.7 Å². The molecule has 0 unspecified atom stereocenters. The molecule has 1 aliphatic carbocycles. The summed E-state index contributed by atoms with van der Waals surface area (Å²) in [5.74, 6) is 0.867. The Hall–Kier alpha value is -2.79. The topological polar surface area (TPSA) is 47.8 Å². The third-order valence-corrected chi connectivity index (χ3v) is 6.59. The first-order chi connectivity index (χ1) is 13.6. The van der Waals surface area contributed by atoms with Gasteiger partial charge in [0.25, 0.3) is 0 Å². The van der Waals surface area contributed by atoms with Gasteiger partial charge in [0.1, 0.15) is 0 Å². The average Bonchev–Trinajstić information content (AvgIpc) is 3.32. The van der Waals surface area contributed by atoms with Crippen molar-refractivity contribution in [1.29, 1.82) is 0 Å². The number of rotatable bonds is 3. The van der Waals surface area contributed by atoms with E-state index in [0.717, 1.165) is 33.0 Å². The van der Waals surface area contributed by atoms with Gasteiger partial charge in [-0.25, -0.2) is 9.67 Å². The number of thiazole rings is 1. The largest absolute Gasteiger partial charge is 0.294 e. The SMILES string of the molecule is CC(C)c1ccc([C@H]2CC(=O)c3cnn(-c4nc5ccccc5s4)c3C2)cc1. The Bertz CT molecular complexity index is 1140. The van der Waals surface area contributed by atoms with Gasteiger partial charge in [0.2, 0.25) is 5.13 Å². The molecule has 2 aromatic heterocycles. The maximum atomic E-state index is 12.8. The van der Waals surface area contributed by atoms with Crippen molar-refractivity contribution in [3.8, 4) is 5.13 Å². The Kier molecular flexibility index (Phi) is 4.13. The molecule has 0 bridgehead atoms. The molecule has 140 valence electrons. The summed E-state index contributed by atoms with van der Waals surface area (Å²) in [6, 6.07) is 16.8. The predicted molar refractivity (Wildman–Crippen MR) is 113 cm³/mol. The second-order valence-electron chi connectivity index (χ2n) is 7.73. The van der Waals surface area contributed by atoms with Crippen molar-refractivity contribution >= 4 is 27.3 Å². The second-order valence-corrected chi connectivity index (χ2v) is 8.74. The lowest BCUT2D eigenvalue weighted by atomic mass is 9.82. The first-order valence-electron chi connectivity index (χ1n) is 9.66. The van der Waals surface area contributed by atoms with Gasteiger partial charge in [-0.05, 0) is 41.5 Å². The molecule has 0 aliphatic heterocycles. The van der Waals surface area contributed by atoms with Crippen LogP contribution in [0, 0.1) is 0 Å². The molecule has 0 N–H and O–H groups in total. The Morgan fingerprint density at radius 2 is 1.86 bits per heavy atom. The number of carbonyl (C=O) groups is 1. The Balaban J connectivity index is 1.52. The third kappa shape index (κ3) is 2.87. The molecule has 0 amide bonds. The highest BCUT2D eigenvalue weighted by Crippen LogP contribution is 2.35. The number of ketones is 1. The number of para-hydroxylation sites is 1. The summed E-state index contributed by atoms with van der Waals surface area (Å²) in [5, 5.41) is 5.35. The van der Waals surface area contributed by atoms with E-state index in [1.165, 1.54) is 11.1 Å². The monoisotopic (exact) mass is 387 g/mol. The number of hydrogen-bond acceptors (Lipinski definition) is 4. The van der Waals surface area contributed by atoms with Crippen LogP contribution in [0.25, 0.3) is 15.3 Å². The van der Waals surface area contributed by atoms with Crippen molar-refractivity contribution in [2.45, 2.75) is 38.5 Å². The van der Waals surface area contributed by atoms with E-state index in [0.29, 0.717) is 12.3 Å². The fraction of sp³-hybridized carbons (Fsp3) is 0.261. The molecule has 5 rings (SSSR count). The lowest BCUT2D eigenvalue weighted by Gasteiger charge is -2.23. The molecule has 28 heavy (non-hydrogen) atoms. The van der Waals surface area contributed by atoms with Gasteiger partial charge in [0.05, 0.1) is 27.7 Å². The number of hydrogen-bond donors (Lipinski definition) is 0. The van der Waals surface area contributed by atoms with Crippen LogP contribution in [0.15, 0.2) is 54.7 Å². The third-order valence-electron chi connectivity index (χ3n) is 5.58. The number of nitrogens with zero attached hydrogens (tertiary/aromatic N) is 3. The molecule has 1 atom stereocenters. The van der Waals surface area contributed by atoms with Crippen LogP contribution >= 0.6 is 11.3 Å². The van der Waals surface area contributed by atoms with Crippen LogP contribution < -0.4 is 0 Å². The fourth-order valence-corrected chi connectivity index (χ4v) is 4.90. The summed E-state index contributed by atoms with van der Waals surface area (Å²) < 4.78 is 3.00. The van der Waals surface area contributed by atoms with Crippen LogP contribution in [-0.4, -0.2) is 20.5 Å². The van der Waals surface area contributed by atoms with Crippen molar-refractivity contribution in [1.82, 2.24) is 14.8 Å². The highest BCUT2D eigenvalue weighted by Gasteiger charge is 2.30. The number of Topliss-reactive ketones (excluding diaryl/α,β-unsaturated/α-hetero) is 1. The van der Waals surface area contributed by atoms with Crippen LogP contribution in [-0.2, 0) is 6.42 Å². The summed E-state index contributed by atoms with van der Waals surface area (Å²) in [6.07, 6.45) is 3.05. The van der Waals surface area contributed by atoms with Crippen molar-refractivity contribution < 1.29 is 4.79 Å². The van der Waals surface area contributed by atoms with Crippen LogP contribution in [0.5, 0.6) is 0 Å². The average molecular weight is 388 g/mol. The van der Waals surface area contributed by atoms with Gasteiger partial charge in [0.15, 0.2) is 5.78 Å². The molecular formula is C23H21N3OS. The first-order valence-corrected chi connectivity index (χ1v) is 10.5. The summed E-state index contributed by atoms with van der Waals surface area (Å²) in [5.41, 5.74) is 5.24. The van der Waals surface area contributed by atoms with Crippen LogP contribution in [0.3, 0.4) is 0 Å². The van der Waals surface area contributed by atoms with Gasteiger partial charge in [-0.2, -0.15) is 5.10 Å². The summed E-state index contributed by atoms with van der Waals surface area (Å²) >= 11 is 1.61. The van der Waals surface area contributed by atoms with Crippen LogP contribution in [0.2, 0.25) is 0 Å². The summed E-state index contributed by atoms with van der Waals surface area (Å²) in [7, 11) is 0. The molecule has 4 nitrogen and oxygen atoms in total. The van der Waals surface area contributed by atoms with E-state index in [4.69, 9.17) is 4.98 Å². The highest BCUT2D eigenvalue weighted by atomic mass is 32.1. The predicted octanol–water partition coefficient (Wildman–Crippen LogP) is 5.52. The fourth-order valence-electron chi connectivity index (χ4n) is 3.95. The quantitative estimate of drug-likeness (QED) is 0.465. The minimum atomic E-state index is 0.173. The lowest BCUT2D eigenvalue weighted by Crippen LogP contribution is -2.20. The van der Waals surface area contributed by atoms with Gasteiger partial charge in [-0.15, -0.1) is 0 Å². The van der Waals surface area contributed by atoms with Gasteiger partial charge >= 0.3 is 0 Å². The molecule has 2 aromatic carbocycles. The standard InChI is InChI=1S/C23H21N3OS/c1-14(2)15-7-9-16(10-8-15)17-11-20-18(21(27)12-17)13-24-26(20)23-25-19-5-3-4-6-22(19)28-23/h3-10,13-14,17H,11-12H2,1-2H3/t17-/m1/s1. The molecule has 0 radical (unpaired) electrons. The van der Waals surface area contributed by atoms with Gasteiger partial charge < -0.3 is 0 Å². The molecular weight excluding hydrogens is 366 g/mol. The zero-order valence-corrected chi connectivity index (χ0v) is 16.7. The van der Waals surface area contributed by atoms with E-state index < -0.39 is 0 Å². The zero-order valence-electron chi connectivity index (χ0n) is 15.9. The second kappa shape index (κ2) is 6.67. The molecule has 0 saturated carbocycles. The minimum Gasteiger partial charge on any atom is -0.294 e. The summed E-state index contributed by atoms with van der Waals surface area (Å²) in [6.45, 7) is 4.39. The van der Waals surface area contributed by atoms with Crippen molar-refractivity contribution in [3.63, 3.8) is 0 Å². The minimum absolute atomic E-state index is 0.173. The highest BCUT2D eigenvalue weighted by molar-refractivity contribution is 7.20. The van der Waals surface area contributed by atoms with E-state index in [1.807, 2.05) is 22.9 Å². The van der Waals surface area contributed by atoms with E-state index in [2.05, 4.69) is 49.3 Å². The molecule has 4 aromatic rings. The molecule has 5 heteroatoms. The molecule has 0 spiro atoms. The smallest absolute Gasteiger partial charge is 0.211 e. The summed E-state index contributed by atoms with van der Waals surface area (Å²) in [4.78, 5) is 17.5. The van der Waals surface area contributed by atoms with Crippen molar-refractivity contribution in [3.05, 3.63) is 77.1 Å². The van der Waals surface area contributed by atoms with Gasteiger partial charge in [-0.1, -0.05) is 61.6 Å². The molecule has 0 saturated heterocycles. The van der Waals surface area contributed by atoms with Gasteiger partial charge in [0, 0.05) is 6.42 Å². The number of carbonyl (C=O) groups excluding carboxylic acids is 1. The van der Waals surface area contributed by atoms with E-state index in [1.54, 1.807) is 17.5 Å². The van der Waals surface area contributed by atoms with Crippen LogP contribution in [0.4, 0.5) is 0 Å².